The average molecular weight is 315 g/mol. The lowest BCUT2D eigenvalue weighted by Gasteiger charge is -2.29. The molecule has 0 unspecified atom stereocenters. The molecule has 0 radical (unpaired) electrons. The van der Waals surface area contributed by atoms with Gasteiger partial charge in [-0.05, 0) is 30.5 Å². The SMILES string of the molecule is Cc1ccn2c(C[NH+]3CCC(C(=O)[O-])CC3)c(C(C)C)nc2c1. The van der Waals surface area contributed by atoms with Crippen LogP contribution < -0.4 is 10.0 Å². The van der Waals surface area contributed by atoms with Crippen LogP contribution in [0.25, 0.3) is 5.65 Å². The zero-order valence-corrected chi connectivity index (χ0v) is 14.1. The molecule has 2 aromatic rings. The number of piperidine rings is 1. The number of imidazole rings is 1. The number of nitrogens with zero attached hydrogens (tertiary/aromatic N) is 2. The molecule has 0 spiro atoms. The third kappa shape index (κ3) is 3.24. The quantitative estimate of drug-likeness (QED) is 0.883. The van der Waals surface area contributed by atoms with E-state index in [-0.39, 0.29) is 5.92 Å². The molecule has 0 bridgehead atoms. The molecule has 1 aliphatic heterocycles. The van der Waals surface area contributed by atoms with Crippen molar-refractivity contribution in [1.82, 2.24) is 9.38 Å². The highest BCUT2D eigenvalue weighted by molar-refractivity contribution is 5.67. The predicted octanol–water partition coefficient (Wildman–Crippen LogP) is 0.311. The molecular weight excluding hydrogens is 290 g/mol. The average Bonchev–Trinajstić information content (AvgIpc) is 2.86. The topological polar surface area (TPSA) is 61.9 Å². The minimum Gasteiger partial charge on any atom is -0.550 e. The maximum atomic E-state index is 11.0. The molecule has 0 aliphatic carbocycles. The predicted molar refractivity (Wildman–Crippen MR) is 86.1 cm³/mol. The fourth-order valence-corrected chi connectivity index (χ4v) is 3.53. The molecule has 124 valence electrons. The summed E-state index contributed by atoms with van der Waals surface area (Å²) in [6.45, 7) is 9.10. The zero-order valence-electron chi connectivity index (χ0n) is 14.1. The number of fused-ring (bicyclic) bond motifs is 1. The van der Waals surface area contributed by atoms with Crippen molar-refractivity contribution in [2.24, 2.45) is 5.92 Å². The highest BCUT2D eigenvalue weighted by Gasteiger charge is 2.26. The van der Waals surface area contributed by atoms with E-state index in [9.17, 15) is 9.90 Å². The second kappa shape index (κ2) is 6.32. The molecule has 0 amide bonds. The van der Waals surface area contributed by atoms with Crippen LogP contribution in [0.5, 0.6) is 0 Å². The summed E-state index contributed by atoms with van der Waals surface area (Å²) in [5.41, 5.74) is 4.64. The van der Waals surface area contributed by atoms with E-state index in [0.717, 1.165) is 31.0 Å². The molecule has 0 atom stereocenters. The highest BCUT2D eigenvalue weighted by Crippen LogP contribution is 2.21. The standard InChI is InChI=1S/C18H25N3O2/c1-12(2)17-15(21-9-4-13(3)10-16(21)19-17)11-20-7-5-14(6-8-20)18(22)23/h4,9-10,12,14H,5-8,11H2,1-3H3,(H,22,23). The van der Waals surface area contributed by atoms with Gasteiger partial charge in [0, 0.05) is 30.9 Å². The lowest BCUT2D eigenvalue weighted by atomic mass is 9.97. The molecule has 1 aliphatic rings. The van der Waals surface area contributed by atoms with E-state index in [0.29, 0.717) is 18.8 Å². The monoisotopic (exact) mass is 315 g/mol. The molecule has 3 rings (SSSR count). The number of carbonyl (C=O) groups is 1. The number of hydrogen-bond acceptors (Lipinski definition) is 3. The van der Waals surface area contributed by atoms with Gasteiger partial charge in [0.2, 0.25) is 0 Å². The van der Waals surface area contributed by atoms with Gasteiger partial charge in [-0.25, -0.2) is 4.98 Å². The number of likely N-dealkylation sites (tertiary alicyclic amines) is 1. The molecule has 2 aromatic heterocycles. The molecular formula is C18H25N3O2. The van der Waals surface area contributed by atoms with E-state index in [1.165, 1.54) is 16.2 Å². The van der Waals surface area contributed by atoms with Gasteiger partial charge < -0.3 is 14.8 Å². The smallest absolute Gasteiger partial charge is 0.137 e. The second-order valence-electron chi connectivity index (χ2n) is 7.05. The summed E-state index contributed by atoms with van der Waals surface area (Å²) in [6.07, 6.45) is 3.53. The maximum Gasteiger partial charge on any atom is 0.137 e. The van der Waals surface area contributed by atoms with E-state index < -0.39 is 5.97 Å². The van der Waals surface area contributed by atoms with Crippen molar-refractivity contribution in [3.05, 3.63) is 35.3 Å². The van der Waals surface area contributed by atoms with Gasteiger partial charge in [-0.3, -0.25) is 4.40 Å². The lowest BCUT2D eigenvalue weighted by Crippen LogP contribution is -3.12. The van der Waals surface area contributed by atoms with E-state index in [1.807, 2.05) is 0 Å². The van der Waals surface area contributed by atoms with E-state index in [4.69, 9.17) is 4.98 Å². The van der Waals surface area contributed by atoms with E-state index >= 15 is 0 Å². The van der Waals surface area contributed by atoms with Crippen LogP contribution in [0, 0.1) is 12.8 Å². The van der Waals surface area contributed by atoms with Crippen LogP contribution in [0.1, 0.15) is 49.6 Å². The zero-order chi connectivity index (χ0) is 16.6. The van der Waals surface area contributed by atoms with Crippen LogP contribution in [0.4, 0.5) is 0 Å². The Bertz CT molecular complexity index is 712. The number of carboxylic acids is 1. The number of aromatic nitrogens is 2. The number of aryl methyl sites for hydroxylation is 1. The van der Waals surface area contributed by atoms with Crippen LogP contribution in [-0.2, 0) is 11.3 Å². The number of carbonyl (C=O) groups excluding carboxylic acids is 1. The Hall–Kier alpha value is -1.88. The van der Waals surface area contributed by atoms with Gasteiger partial charge in [-0.1, -0.05) is 13.8 Å². The highest BCUT2D eigenvalue weighted by atomic mass is 16.4. The van der Waals surface area contributed by atoms with Gasteiger partial charge in [-0.2, -0.15) is 0 Å². The first-order valence-electron chi connectivity index (χ1n) is 8.47. The molecule has 5 heteroatoms. The first-order chi connectivity index (χ1) is 11.0. The van der Waals surface area contributed by atoms with Crippen molar-refractivity contribution in [1.29, 1.82) is 0 Å². The fraction of sp³-hybridized carbons (Fsp3) is 0.556. The molecule has 1 fully saturated rings. The number of rotatable bonds is 4. The molecule has 1 N–H and O–H groups in total. The van der Waals surface area contributed by atoms with Crippen LogP contribution in [0.2, 0.25) is 0 Å². The summed E-state index contributed by atoms with van der Waals surface area (Å²) in [6, 6.07) is 4.23. The summed E-state index contributed by atoms with van der Waals surface area (Å²) >= 11 is 0. The number of aliphatic carboxylic acids is 1. The van der Waals surface area contributed by atoms with Crippen LogP contribution >= 0.6 is 0 Å². The van der Waals surface area contributed by atoms with Gasteiger partial charge in [0.05, 0.1) is 18.8 Å². The first kappa shape index (κ1) is 16.0. The Morgan fingerprint density at radius 1 is 1.43 bits per heavy atom. The third-order valence-corrected chi connectivity index (χ3v) is 4.90. The van der Waals surface area contributed by atoms with Crippen molar-refractivity contribution in [2.45, 2.75) is 46.1 Å². The van der Waals surface area contributed by atoms with Crippen molar-refractivity contribution in [3.63, 3.8) is 0 Å². The van der Waals surface area contributed by atoms with E-state index in [1.54, 1.807) is 0 Å². The van der Waals surface area contributed by atoms with Gasteiger partial charge >= 0.3 is 0 Å². The number of carboxylic acid groups (broad SMARTS) is 1. The van der Waals surface area contributed by atoms with Gasteiger partial charge in [-0.15, -0.1) is 0 Å². The van der Waals surface area contributed by atoms with Crippen LogP contribution in [0.15, 0.2) is 18.3 Å². The van der Waals surface area contributed by atoms with Gasteiger partial charge in [0.25, 0.3) is 0 Å². The van der Waals surface area contributed by atoms with Crippen molar-refractivity contribution < 1.29 is 14.8 Å². The third-order valence-electron chi connectivity index (χ3n) is 4.90. The summed E-state index contributed by atoms with van der Waals surface area (Å²) in [5.74, 6) is -0.782. The minimum atomic E-state index is -0.891. The second-order valence-corrected chi connectivity index (χ2v) is 7.05. The summed E-state index contributed by atoms with van der Waals surface area (Å²) in [5, 5.41) is 11.0. The minimum absolute atomic E-state index is 0.270. The first-order valence-corrected chi connectivity index (χ1v) is 8.47. The van der Waals surface area contributed by atoms with Gasteiger partial charge in [0.1, 0.15) is 17.9 Å². The summed E-state index contributed by atoms with van der Waals surface area (Å²) in [7, 11) is 0. The normalized spacial score (nSPS) is 21.9. The molecule has 1 saturated heterocycles. The van der Waals surface area contributed by atoms with Crippen molar-refractivity contribution in [2.75, 3.05) is 13.1 Å². The molecule has 3 heterocycles. The largest absolute Gasteiger partial charge is 0.550 e. The van der Waals surface area contributed by atoms with Crippen LogP contribution in [-0.4, -0.2) is 28.4 Å². The number of quaternary nitrogens is 1. The molecule has 0 saturated carbocycles. The molecule has 23 heavy (non-hydrogen) atoms. The molecule has 0 aromatic carbocycles. The maximum absolute atomic E-state index is 11.0. The Morgan fingerprint density at radius 3 is 2.74 bits per heavy atom. The number of hydrogen-bond donors (Lipinski definition) is 1. The van der Waals surface area contributed by atoms with Crippen molar-refractivity contribution >= 4 is 11.6 Å². The number of nitrogens with one attached hydrogen (secondary N) is 1. The lowest BCUT2D eigenvalue weighted by molar-refractivity contribution is -0.919. The Kier molecular flexibility index (Phi) is 4.39. The van der Waals surface area contributed by atoms with Crippen LogP contribution in [0.3, 0.4) is 0 Å². The Balaban J connectivity index is 1.85. The Morgan fingerprint density at radius 2 is 2.13 bits per heavy atom. The number of pyridine rings is 1. The Labute approximate surface area is 136 Å². The van der Waals surface area contributed by atoms with Gasteiger partial charge in [0.15, 0.2) is 0 Å². The van der Waals surface area contributed by atoms with Crippen molar-refractivity contribution in [3.8, 4) is 0 Å². The molecule has 5 nitrogen and oxygen atoms in total. The summed E-state index contributed by atoms with van der Waals surface area (Å²) < 4.78 is 2.19. The fourth-order valence-electron chi connectivity index (χ4n) is 3.53. The van der Waals surface area contributed by atoms with E-state index in [2.05, 4.69) is 43.5 Å². The summed E-state index contributed by atoms with van der Waals surface area (Å²) in [4.78, 5) is 17.3.